The molecule has 0 aliphatic carbocycles. The van der Waals surface area contributed by atoms with Crippen molar-refractivity contribution in [2.45, 2.75) is 13.5 Å². The van der Waals surface area contributed by atoms with Crippen LogP contribution >= 0.6 is 23.2 Å². The fourth-order valence-corrected chi connectivity index (χ4v) is 3.49. The molecule has 0 N–H and O–H groups in total. The number of aliphatic imine (C=N–C) groups is 1. The molecule has 0 atom stereocenters. The summed E-state index contributed by atoms with van der Waals surface area (Å²) in [6.07, 6.45) is 5.51. The number of hydrogen-bond acceptors (Lipinski definition) is 4. The summed E-state index contributed by atoms with van der Waals surface area (Å²) in [4.78, 5) is 21.3. The first kappa shape index (κ1) is 19.4. The number of imidazole rings is 1. The summed E-state index contributed by atoms with van der Waals surface area (Å²) in [6.45, 7) is 2.37. The van der Waals surface area contributed by atoms with E-state index in [1.54, 1.807) is 25.4 Å². The molecular weight excluding hydrogens is 409 g/mol. The number of fused-ring (bicyclic) bond motifs is 3. The minimum Gasteiger partial charge on any atom is -0.461 e. The topological polar surface area (TPSA) is 56.5 Å². The summed E-state index contributed by atoms with van der Waals surface area (Å²) in [6, 6.07) is 13.3. The van der Waals surface area contributed by atoms with Crippen LogP contribution in [0.15, 0.2) is 59.9 Å². The fourth-order valence-electron chi connectivity index (χ4n) is 3.18. The molecule has 5 nitrogen and oxygen atoms in total. The van der Waals surface area contributed by atoms with E-state index in [4.69, 9.17) is 32.9 Å². The molecule has 0 fully saturated rings. The average molecular weight is 426 g/mol. The zero-order chi connectivity index (χ0) is 20.4. The normalized spacial score (nSPS) is 12.9. The molecule has 0 radical (unpaired) electrons. The molecule has 1 aliphatic heterocycles. The Morgan fingerprint density at radius 2 is 2.00 bits per heavy atom. The van der Waals surface area contributed by atoms with E-state index in [-0.39, 0.29) is 0 Å². The smallest absolute Gasteiger partial charge is 0.358 e. The minimum absolute atomic E-state index is 0.292. The predicted octanol–water partition coefficient (Wildman–Crippen LogP) is 5.37. The maximum Gasteiger partial charge on any atom is 0.358 e. The molecule has 2 aromatic carbocycles. The maximum atomic E-state index is 12.3. The molecule has 3 aromatic rings. The van der Waals surface area contributed by atoms with Gasteiger partial charge in [-0.1, -0.05) is 53.5 Å². The van der Waals surface area contributed by atoms with Crippen LogP contribution in [0, 0.1) is 0 Å². The monoisotopic (exact) mass is 425 g/mol. The van der Waals surface area contributed by atoms with Crippen LogP contribution in [0.25, 0.3) is 11.8 Å². The largest absolute Gasteiger partial charge is 0.461 e. The van der Waals surface area contributed by atoms with Crippen LogP contribution < -0.4 is 0 Å². The van der Waals surface area contributed by atoms with E-state index < -0.39 is 5.97 Å². The van der Waals surface area contributed by atoms with Crippen LogP contribution in [0.3, 0.4) is 0 Å². The van der Waals surface area contributed by atoms with Gasteiger partial charge in [-0.15, -0.1) is 0 Å². The lowest BCUT2D eigenvalue weighted by Gasteiger charge is -2.09. The number of carbonyl (C=O) groups excluding carboxylic acids is 1. The second-order valence-electron chi connectivity index (χ2n) is 6.36. The Morgan fingerprint density at radius 3 is 2.79 bits per heavy atom. The first-order valence-corrected chi connectivity index (χ1v) is 9.84. The molecular formula is C22H17Cl2N3O2. The summed E-state index contributed by atoms with van der Waals surface area (Å²) in [7, 11) is 0. The number of hydrogen-bond donors (Lipinski definition) is 0. The van der Waals surface area contributed by atoms with E-state index in [9.17, 15) is 4.79 Å². The third-order valence-electron chi connectivity index (χ3n) is 4.55. The van der Waals surface area contributed by atoms with Crippen molar-refractivity contribution in [1.82, 2.24) is 9.55 Å². The van der Waals surface area contributed by atoms with Crippen molar-refractivity contribution in [3.05, 3.63) is 87.4 Å². The molecule has 0 bridgehead atoms. The Balaban J connectivity index is 1.75. The number of nitrogens with zero attached hydrogens (tertiary/aromatic N) is 3. The number of esters is 1. The highest BCUT2D eigenvalue weighted by molar-refractivity contribution is 6.42. The second kappa shape index (κ2) is 8.23. The van der Waals surface area contributed by atoms with Gasteiger partial charge in [0, 0.05) is 5.56 Å². The van der Waals surface area contributed by atoms with Crippen LogP contribution in [0.4, 0.5) is 0 Å². The van der Waals surface area contributed by atoms with Gasteiger partial charge in [-0.25, -0.2) is 9.78 Å². The van der Waals surface area contributed by atoms with Crippen molar-refractivity contribution < 1.29 is 9.53 Å². The molecule has 146 valence electrons. The van der Waals surface area contributed by atoms with Gasteiger partial charge in [-0.05, 0) is 36.8 Å². The van der Waals surface area contributed by atoms with E-state index in [1.165, 1.54) is 0 Å². The van der Waals surface area contributed by atoms with Crippen LogP contribution in [0.5, 0.6) is 0 Å². The van der Waals surface area contributed by atoms with E-state index in [0.717, 1.165) is 22.5 Å². The molecule has 0 unspecified atom stereocenters. The lowest BCUT2D eigenvalue weighted by atomic mass is 10.1. The number of benzene rings is 2. The summed E-state index contributed by atoms with van der Waals surface area (Å²) in [5.74, 6) is -0.441. The third-order valence-corrected chi connectivity index (χ3v) is 5.29. The SMILES string of the molecule is CCOC(=O)c1ncn2c1CN=C(C=Cc1ccc(Cl)c(Cl)c1)c1ccccc1-2. The van der Waals surface area contributed by atoms with Gasteiger partial charge in [-0.3, -0.25) is 9.56 Å². The van der Waals surface area contributed by atoms with Crippen molar-refractivity contribution in [2.24, 2.45) is 4.99 Å². The van der Waals surface area contributed by atoms with Gasteiger partial charge in [0.2, 0.25) is 0 Å². The zero-order valence-corrected chi connectivity index (χ0v) is 17.1. The lowest BCUT2D eigenvalue weighted by Crippen LogP contribution is -2.09. The summed E-state index contributed by atoms with van der Waals surface area (Å²) in [5, 5.41) is 1.01. The Labute approximate surface area is 178 Å². The number of rotatable bonds is 4. The van der Waals surface area contributed by atoms with E-state index >= 15 is 0 Å². The van der Waals surface area contributed by atoms with Crippen LogP contribution in [-0.4, -0.2) is 27.8 Å². The van der Waals surface area contributed by atoms with Crippen molar-refractivity contribution in [3.63, 3.8) is 0 Å². The van der Waals surface area contributed by atoms with Crippen molar-refractivity contribution in [2.75, 3.05) is 6.61 Å². The molecule has 0 spiro atoms. The molecule has 0 amide bonds. The quantitative estimate of drug-likeness (QED) is 0.527. The summed E-state index contributed by atoms with van der Waals surface area (Å²) in [5.41, 5.74) is 4.55. The molecule has 1 aromatic heterocycles. The van der Waals surface area contributed by atoms with E-state index in [0.29, 0.717) is 34.6 Å². The highest BCUT2D eigenvalue weighted by Gasteiger charge is 2.23. The molecule has 2 heterocycles. The van der Waals surface area contributed by atoms with Crippen molar-refractivity contribution in [1.29, 1.82) is 0 Å². The number of para-hydroxylation sites is 1. The first-order valence-electron chi connectivity index (χ1n) is 9.09. The number of ether oxygens (including phenoxy) is 1. The van der Waals surface area contributed by atoms with Gasteiger partial charge < -0.3 is 4.74 Å². The Bertz CT molecular complexity index is 1150. The van der Waals surface area contributed by atoms with Gasteiger partial charge in [0.15, 0.2) is 5.69 Å². The highest BCUT2D eigenvalue weighted by Crippen LogP contribution is 2.26. The van der Waals surface area contributed by atoms with Gasteiger partial charge in [0.05, 0.1) is 40.3 Å². The minimum atomic E-state index is -0.441. The molecule has 1 aliphatic rings. The number of aromatic nitrogens is 2. The van der Waals surface area contributed by atoms with Gasteiger partial charge in [0.25, 0.3) is 0 Å². The Hall–Kier alpha value is -2.89. The average Bonchev–Trinajstić information content (AvgIpc) is 3.08. The molecule has 4 rings (SSSR count). The van der Waals surface area contributed by atoms with Crippen LogP contribution in [-0.2, 0) is 11.3 Å². The fraction of sp³-hybridized carbons (Fsp3) is 0.136. The standard InChI is InChI=1S/C22H17Cl2N3O2/c1-2-29-22(28)21-20-12-25-18(10-8-14-7-9-16(23)17(24)11-14)15-5-3-4-6-19(15)27(20)13-26-21/h3-11,13H,2,12H2,1H3. The van der Waals surface area contributed by atoms with Crippen LogP contribution in [0.1, 0.15) is 34.2 Å². The Morgan fingerprint density at radius 1 is 1.17 bits per heavy atom. The maximum absolute atomic E-state index is 12.3. The van der Waals surface area contributed by atoms with E-state index in [1.807, 2.05) is 47.1 Å². The van der Waals surface area contributed by atoms with Crippen molar-refractivity contribution in [3.8, 4) is 5.69 Å². The molecule has 7 heteroatoms. The third kappa shape index (κ3) is 3.84. The van der Waals surface area contributed by atoms with Gasteiger partial charge in [-0.2, -0.15) is 0 Å². The molecule has 29 heavy (non-hydrogen) atoms. The second-order valence-corrected chi connectivity index (χ2v) is 7.17. The molecule has 0 saturated heterocycles. The van der Waals surface area contributed by atoms with E-state index in [2.05, 4.69) is 4.98 Å². The molecule has 0 saturated carbocycles. The number of allylic oxidation sites excluding steroid dienone is 1. The number of carbonyl (C=O) groups is 1. The lowest BCUT2D eigenvalue weighted by molar-refractivity contribution is 0.0518. The first-order chi connectivity index (χ1) is 14.1. The highest BCUT2D eigenvalue weighted by atomic mass is 35.5. The zero-order valence-electron chi connectivity index (χ0n) is 15.6. The number of halogens is 2. The summed E-state index contributed by atoms with van der Waals surface area (Å²) < 4.78 is 7.03. The predicted molar refractivity (Wildman–Crippen MR) is 115 cm³/mol. The van der Waals surface area contributed by atoms with Crippen molar-refractivity contribution >= 4 is 41.0 Å². The van der Waals surface area contributed by atoms with Gasteiger partial charge in [0.1, 0.15) is 6.33 Å². The van der Waals surface area contributed by atoms with Crippen LogP contribution in [0.2, 0.25) is 10.0 Å². The Kier molecular flexibility index (Phi) is 5.51. The summed E-state index contributed by atoms with van der Waals surface area (Å²) >= 11 is 12.1. The van der Waals surface area contributed by atoms with Gasteiger partial charge >= 0.3 is 5.97 Å².